The molecule has 1 aliphatic heterocycles. The summed E-state index contributed by atoms with van der Waals surface area (Å²) >= 11 is 1.33. The van der Waals surface area contributed by atoms with Crippen LogP contribution in [0.25, 0.3) is 0 Å². The highest BCUT2D eigenvalue weighted by Gasteiger charge is 2.38. The monoisotopic (exact) mass is 267 g/mol. The molecule has 18 heavy (non-hydrogen) atoms. The zero-order valence-corrected chi connectivity index (χ0v) is 10.8. The zero-order chi connectivity index (χ0) is 13.3. The molecule has 1 aliphatic rings. The first-order valence-electron chi connectivity index (χ1n) is 5.30. The predicted octanol–water partition coefficient (Wildman–Crippen LogP) is 1.74. The Kier molecular flexibility index (Phi) is 3.21. The van der Waals surface area contributed by atoms with Gasteiger partial charge in [-0.2, -0.15) is 0 Å². The number of benzene rings is 1. The van der Waals surface area contributed by atoms with Crippen molar-refractivity contribution in [2.75, 3.05) is 12.9 Å². The molecule has 0 saturated carbocycles. The third kappa shape index (κ3) is 2.15. The fraction of sp³-hybridized carbons (Fsp3) is 0.333. The van der Waals surface area contributed by atoms with Crippen LogP contribution in [-0.2, 0) is 4.79 Å². The summed E-state index contributed by atoms with van der Waals surface area (Å²) in [5.41, 5.74) is -0.586. The number of phenols is 1. The third-order valence-corrected chi connectivity index (χ3v) is 4.03. The van der Waals surface area contributed by atoms with Gasteiger partial charge in [0.05, 0.1) is 7.11 Å². The van der Waals surface area contributed by atoms with E-state index >= 15 is 0 Å². The number of thioether (sulfide) groups is 1. The van der Waals surface area contributed by atoms with Crippen molar-refractivity contribution in [3.63, 3.8) is 0 Å². The van der Waals surface area contributed by atoms with Gasteiger partial charge in [0.2, 0.25) is 0 Å². The number of aromatic hydroxyl groups is 1. The number of rotatable bonds is 3. The van der Waals surface area contributed by atoms with Crippen molar-refractivity contribution >= 4 is 22.8 Å². The molecule has 5 nitrogen and oxygen atoms in total. The van der Waals surface area contributed by atoms with Gasteiger partial charge in [-0.25, -0.2) is 4.79 Å². The molecule has 0 spiro atoms. The first kappa shape index (κ1) is 12.8. The van der Waals surface area contributed by atoms with E-state index in [9.17, 15) is 9.90 Å². The molecule has 2 N–H and O–H groups in total. The number of hydrogen-bond acceptors (Lipinski definition) is 5. The summed E-state index contributed by atoms with van der Waals surface area (Å²) in [6.07, 6.45) is 0. The van der Waals surface area contributed by atoms with Crippen LogP contribution in [0.3, 0.4) is 0 Å². The highest BCUT2D eigenvalue weighted by Crippen LogP contribution is 2.35. The molecule has 0 amide bonds. The Morgan fingerprint density at radius 3 is 2.78 bits per heavy atom. The largest absolute Gasteiger partial charge is 0.507 e. The Morgan fingerprint density at radius 2 is 2.28 bits per heavy atom. The fourth-order valence-electron chi connectivity index (χ4n) is 1.56. The number of methoxy groups -OCH3 is 1. The number of aliphatic carboxylic acids is 1. The van der Waals surface area contributed by atoms with Crippen LogP contribution in [0.2, 0.25) is 0 Å². The summed E-state index contributed by atoms with van der Waals surface area (Å²) in [7, 11) is 1.51. The normalized spacial score (nSPS) is 22.7. The average molecular weight is 267 g/mol. The molecule has 1 heterocycles. The Hall–Kier alpha value is -1.69. The standard InChI is InChI=1S/C12H13NO4S/c1-12(11(15)16)6-18-10(13-12)8-4-3-7(17-2)5-9(8)14/h3-5,14H,6H2,1-2H3,(H,15,16)/t12-/m0/s1. The Bertz CT molecular complexity index is 529. The summed E-state index contributed by atoms with van der Waals surface area (Å²) in [6.45, 7) is 1.57. The SMILES string of the molecule is COc1ccc(C2=N[C@](C)(C(=O)O)CS2)c(O)c1. The molecule has 0 saturated heterocycles. The van der Waals surface area contributed by atoms with Gasteiger partial charge >= 0.3 is 5.97 Å². The zero-order valence-electron chi connectivity index (χ0n) is 10.0. The van der Waals surface area contributed by atoms with Gasteiger partial charge in [-0.3, -0.25) is 4.99 Å². The number of carboxylic acid groups (broad SMARTS) is 1. The van der Waals surface area contributed by atoms with Gasteiger partial charge in [-0.15, -0.1) is 11.8 Å². The van der Waals surface area contributed by atoms with Gasteiger partial charge in [0.25, 0.3) is 0 Å². The van der Waals surface area contributed by atoms with Crippen LogP contribution in [0.15, 0.2) is 23.2 Å². The lowest BCUT2D eigenvalue weighted by Crippen LogP contribution is -2.33. The van der Waals surface area contributed by atoms with E-state index in [4.69, 9.17) is 9.84 Å². The number of carbonyl (C=O) groups is 1. The molecule has 1 aromatic carbocycles. The van der Waals surface area contributed by atoms with E-state index < -0.39 is 11.5 Å². The van der Waals surface area contributed by atoms with E-state index in [0.29, 0.717) is 22.1 Å². The number of carboxylic acids is 1. The maximum absolute atomic E-state index is 11.1. The van der Waals surface area contributed by atoms with Crippen LogP contribution in [0.5, 0.6) is 11.5 Å². The minimum Gasteiger partial charge on any atom is -0.507 e. The summed E-state index contributed by atoms with van der Waals surface area (Å²) in [6, 6.07) is 4.86. The quantitative estimate of drug-likeness (QED) is 0.872. The summed E-state index contributed by atoms with van der Waals surface area (Å²) in [4.78, 5) is 15.3. The van der Waals surface area contributed by atoms with Crippen LogP contribution in [0.4, 0.5) is 0 Å². The lowest BCUT2D eigenvalue weighted by atomic mass is 10.1. The van der Waals surface area contributed by atoms with Crippen LogP contribution in [0, 0.1) is 0 Å². The summed E-state index contributed by atoms with van der Waals surface area (Å²) in [5, 5.41) is 19.5. The molecule has 0 fully saturated rings. The van der Waals surface area contributed by atoms with E-state index in [0.717, 1.165) is 0 Å². The van der Waals surface area contributed by atoms with Gasteiger partial charge in [-0.1, -0.05) is 0 Å². The van der Waals surface area contributed by atoms with Crippen molar-refractivity contribution in [2.45, 2.75) is 12.5 Å². The van der Waals surface area contributed by atoms with Crippen molar-refractivity contribution in [3.8, 4) is 11.5 Å². The molecule has 6 heteroatoms. The Labute approximate surface area is 108 Å². The summed E-state index contributed by atoms with van der Waals surface area (Å²) < 4.78 is 4.99. The van der Waals surface area contributed by atoms with E-state index in [2.05, 4.69) is 4.99 Å². The van der Waals surface area contributed by atoms with Gasteiger partial charge < -0.3 is 14.9 Å². The topological polar surface area (TPSA) is 79.1 Å². The number of phenolic OH excluding ortho intramolecular Hbond substituents is 1. The molecule has 0 aromatic heterocycles. The number of hydrogen-bond donors (Lipinski definition) is 2. The minimum absolute atomic E-state index is 0.0373. The molecule has 1 aromatic rings. The molecular formula is C12H13NO4S. The van der Waals surface area contributed by atoms with Gasteiger partial charge in [0.1, 0.15) is 16.5 Å². The van der Waals surface area contributed by atoms with E-state index in [-0.39, 0.29) is 5.75 Å². The van der Waals surface area contributed by atoms with Crippen LogP contribution in [-0.4, -0.2) is 39.6 Å². The second kappa shape index (κ2) is 4.53. The van der Waals surface area contributed by atoms with Crippen molar-refractivity contribution < 1.29 is 19.7 Å². The first-order chi connectivity index (χ1) is 8.46. The van der Waals surface area contributed by atoms with Crippen LogP contribution < -0.4 is 4.74 Å². The maximum Gasteiger partial charge on any atom is 0.332 e. The minimum atomic E-state index is -1.12. The van der Waals surface area contributed by atoms with Gasteiger partial charge in [0, 0.05) is 17.4 Å². The molecule has 96 valence electrons. The van der Waals surface area contributed by atoms with Crippen molar-refractivity contribution in [3.05, 3.63) is 23.8 Å². The van der Waals surface area contributed by atoms with Crippen molar-refractivity contribution in [2.24, 2.45) is 4.99 Å². The molecule has 0 unspecified atom stereocenters. The third-order valence-electron chi connectivity index (χ3n) is 2.73. The maximum atomic E-state index is 11.1. The molecule has 2 rings (SSSR count). The molecule has 0 radical (unpaired) electrons. The predicted molar refractivity (Wildman–Crippen MR) is 69.7 cm³/mol. The van der Waals surface area contributed by atoms with Crippen LogP contribution >= 0.6 is 11.8 Å². The summed E-state index contributed by atoms with van der Waals surface area (Å²) in [5.74, 6) is -0.0163. The Morgan fingerprint density at radius 1 is 1.56 bits per heavy atom. The molecule has 1 atom stereocenters. The van der Waals surface area contributed by atoms with Crippen LogP contribution in [0.1, 0.15) is 12.5 Å². The number of nitrogens with zero attached hydrogens (tertiary/aromatic N) is 1. The first-order valence-corrected chi connectivity index (χ1v) is 6.28. The smallest absolute Gasteiger partial charge is 0.332 e. The molecule has 0 aliphatic carbocycles. The van der Waals surface area contributed by atoms with E-state index in [1.807, 2.05) is 0 Å². The fourth-order valence-corrected chi connectivity index (χ4v) is 2.76. The van der Waals surface area contributed by atoms with Crippen molar-refractivity contribution in [1.82, 2.24) is 0 Å². The highest BCUT2D eigenvalue weighted by atomic mass is 32.2. The number of aliphatic imine (C=N–C) groups is 1. The van der Waals surface area contributed by atoms with Gasteiger partial charge in [0.15, 0.2) is 5.54 Å². The second-order valence-corrected chi connectivity index (χ2v) is 5.13. The highest BCUT2D eigenvalue weighted by molar-refractivity contribution is 8.14. The lowest BCUT2D eigenvalue weighted by Gasteiger charge is -2.11. The number of ether oxygens (including phenoxy) is 1. The van der Waals surface area contributed by atoms with E-state index in [1.165, 1.54) is 24.9 Å². The van der Waals surface area contributed by atoms with E-state index in [1.54, 1.807) is 19.1 Å². The Balaban J connectivity index is 2.37. The molecular weight excluding hydrogens is 254 g/mol. The lowest BCUT2D eigenvalue weighted by molar-refractivity contribution is -0.141. The van der Waals surface area contributed by atoms with Crippen molar-refractivity contribution in [1.29, 1.82) is 0 Å². The average Bonchev–Trinajstić information content (AvgIpc) is 2.73. The second-order valence-electron chi connectivity index (χ2n) is 4.17. The molecule has 0 bridgehead atoms. The van der Waals surface area contributed by atoms with Gasteiger partial charge in [-0.05, 0) is 19.1 Å².